The minimum absolute atomic E-state index is 0.266. The van der Waals surface area contributed by atoms with Gasteiger partial charge in [0.2, 0.25) is 17.8 Å². The Morgan fingerprint density at radius 3 is 2.49 bits per heavy atom. The molecule has 35 heavy (non-hydrogen) atoms. The first kappa shape index (κ1) is 25.8. The van der Waals surface area contributed by atoms with Gasteiger partial charge in [0.05, 0.1) is 12.1 Å². The van der Waals surface area contributed by atoms with Crippen molar-refractivity contribution in [3.63, 3.8) is 0 Å². The zero-order valence-corrected chi connectivity index (χ0v) is 21.8. The highest BCUT2D eigenvalue weighted by Gasteiger charge is 2.24. The highest BCUT2D eigenvalue weighted by atomic mass is 35.5. The lowest BCUT2D eigenvalue weighted by Crippen LogP contribution is -2.40. The fraction of sp³-hybridized carbons (Fsp3) is 0.654. The Morgan fingerprint density at radius 2 is 1.80 bits per heavy atom. The Bertz CT molecular complexity index is 930. The highest BCUT2D eigenvalue weighted by molar-refractivity contribution is 6.32. The van der Waals surface area contributed by atoms with E-state index in [0.717, 1.165) is 37.5 Å². The maximum atomic E-state index is 6.32. The molecule has 0 radical (unpaired) electrons. The minimum Gasteiger partial charge on any atom is -0.495 e. The molecule has 2 atom stereocenters. The van der Waals surface area contributed by atoms with Crippen molar-refractivity contribution in [1.82, 2.24) is 20.3 Å². The number of hydrogen-bond acceptors (Lipinski definition) is 8. The van der Waals surface area contributed by atoms with Gasteiger partial charge in [0.1, 0.15) is 5.75 Å². The Kier molecular flexibility index (Phi) is 9.66. The number of ether oxygens (including phenoxy) is 1. The Labute approximate surface area is 214 Å². The lowest BCUT2D eigenvalue weighted by atomic mass is 9.97. The predicted molar refractivity (Wildman–Crippen MR) is 144 cm³/mol. The van der Waals surface area contributed by atoms with Crippen molar-refractivity contribution in [3.8, 4) is 5.75 Å². The van der Waals surface area contributed by atoms with Crippen LogP contribution < -0.4 is 26.0 Å². The van der Waals surface area contributed by atoms with Crippen molar-refractivity contribution in [2.75, 3.05) is 36.1 Å². The van der Waals surface area contributed by atoms with E-state index in [0.29, 0.717) is 34.7 Å². The van der Waals surface area contributed by atoms with E-state index in [2.05, 4.69) is 38.2 Å². The predicted octanol–water partition coefficient (Wildman–Crippen LogP) is 5.99. The fourth-order valence-corrected chi connectivity index (χ4v) is 5.45. The third-order valence-corrected chi connectivity index (χ3v) is 7.49. The van der Waals surface area contributed by atoms with Gasteiger partial charge in [0.25, 0.3) is 0 Å². The monoisotopic (exact) mass is 501 g/mol. The molecule has 2 aromatic rings. The molecule has 2 unspecified atom stereocenters. The summed E-state index contributed by atoms with van der Waals surface area (Å²) in [5.41, 5.74) is 0.793. The number of rotatable bonds is 11. The summed E-state index contributed by atoms with van der Waals surface area (Å²) in [4.78, 5) is 14.1. The van der Waals surface area contributed by atoms with Gasteiger partial charge in [-0.25, -0.2) is 0 Å². The van der Waals surface area contributed by atoms with Crippen molar-refractivity contribution >= 4 is 35.1 Å². The van der Waals surface area contributed by atoms with Crippen LogP contribution in [0.4, 0.5) is 23.5 Å². The van der Waals surface area contributed by atoms with Crippen molar-refractivity contribution in [3.05, 3.63) is 23.2 Å². The van der Waals surface area contributed by atoms with Crippen LogP contribution in [0.1, 0.15) is 71.1 Å². The third-order valence-electron chi connectivity index (χ3n) is 7.19. The topological polar surface area (TPSA) is 96.0 Å². The Morgan fingerprint density at radius 1 is 1.03 bits per heavy atom. The molecular formula is C26H40ClN7O. The van der Waals surface area contributed by atoms with Crippen molar-refractivity contribution < 1.29 is 4.74 Å². The lowest BCUT2D eigenvalue weighted by Gasteiger charge is -2.24. The van der Waals surface area contributed by atoms with Gasteiger partial charge in [-0.15, -0.1) is 0 Å². The maximum absolute atomic E-state index is 6.32. The smallest absolute Gasteiger partial charge is 0.233 e. The number of halogens is 1. The molecule has 1 aromatic carbocycles. The van der Waals surface area contributed by atoms with Gasteiger partial charge >= 0.3 is 0 Å². The summed E-state index contributed by atoms with van der Waals surface area (Å²) < 4.78 is 5.27. The van der Waals surface area contributed by atoms with E-state index in [1.165, 1.54) is 51.4 Å². The number of methoxy groups -OCH3 is 1. The van der Waals surface area contributed by atoms with E-state index in [4.69, 9.17) is 21.3 Å². The van der Waals surface area contributed by atoms with E-state index in [9.17, 15) is 0 Å². The number of nitrogens with zero attached hydrogens (tertiary/aromatic N) is 3. The van der Waals surface area contributed by atoms with E-state index in [1.807, 2.05) is 18.2 Å². The zero-order valence-electron chi connectivity index (χ0n) is 21.1. The number of anilines is 4. The average Bonchev–Trinajstić information content (AvgIpc) is 3.27. The largest absolute Gasteiger partial charge is 0.495 e. The van der Waals surface area contributed by atoms with Crippen LogP contribution in [0, 0.1) is 5.92 Å². The van der Waals surface area contributed by atoms with Crippen LogP contribution in [0.25, 0.3) is 0 Å². The van der Waals surface area contributed by atoms with Gasteiger partial charge < -0.3 is 26.0 Å². The van der Waals surface area contributed by atoms with E-state index in [-0.39, 0.29) is 6.04 Å². The summed E-state index contributed by atoms with van der Waals surface area (Å²) in [6.07, 6.45) is 12.7. The molecule has 2 fully saturated rings. The average molecular weight is 502 g/mol. The molecule has 1 saturated carbocycles. The molecule has 2 heterocycles. The van der Waals surface area contributed by atoms with Crippen LogP contribution in [0.2, 0.25) is 5.02 Å². The Hall–Kier alpha value is -2.32. The van der Waals surface area contributed by atoms with Crippen LogP contribution in [0.3, 0.4) is 0 Å². The Balaban J connectivity index is 1.48. The molecule has 8 nitrogen and oxygen atoms in total. The van der Waals surface area contributed by atoms with Gasteiger partial charge in [-0.1, -0.05) is 57.0 Å². The normalized spacial score (nSPS) is 19.7. The highest BCUT2D eigenvalue weighted by Crippen LogP contribution is 2.29. The summed E-state index contributed by atoms with van der Waals surface area (Å²) >= 11 is 6.32. The molecule has 0 amide bonds. The number of hydrogen-bond donors (Lipinski definition) is 4. The molecular weight excluding hydrogens is 462 g/mol. The fourth-order valence-electron chi connectivity index (χ4n) is 5.20. The maximum Gasteiger partial charge on any atom is 0.233 e. The molecule has 1 aromatic heterocycles. The molecule has 0 bridgehead atoms. The zero-order chi connectivity index (χ0) is 24.5. The second-order valence-corrected chi connectivity index (χ2v) is 10.1. The van der Waals surface area contributed by atoms with Crippen LogP contribution in [0.5, 0.6) is 5.75 Å². The standard InChI is InChI=1S/C26H40ClN7O/c1-3-21(22-11-8-15-28-22)31-26-33-24(29-16-14-18-9-6-4-5-7-10-18)32-25(34-26)30-19-12-13-23(35-2)20(27)17-19/h12-13,17-18,21-22,28H,3-11,14-16H2,1-2H3,(H3,29,30,31,32,33,34). The molecule has 9 heteroatoms. The van der Waals surface area contributed by atoms with Crippen LogP contribution >= 0.6 is 11.6 Å². The van der Waals surface area contributed by atoms with Crippen molar-refractivity contribution in [2.24, 2.45) is 5.92 Å². The summed E-state index contributed by atoms with van der Waals surface area (Å²) in [5, 5.41) is 14.4. The molecule has 2 aliphatic rings. The SMILES string of the molecule is CCC(Nc1nc(NCCC2CCCCCC2)nc(Nc2ccc(OC)c(Cl)c2)n1)C1CCCN1. The van der Waals surface area contributed by atoms with E-state index in [1.54, 1.807) is 7.11 Å². The first-order valence-corrected chi connectivity index (χ1v) is 13.6. The van der Waals surface area contributed by atoms with Crippen molar-refractivity contribution in [2.45, 2.75) is 83.2 Å². The van der Waals surface area contributed by atoms with E-state index < -0.39 is 0 Å². The molecule has 4 rings (SSSR count). The van der Waals surface area contributed by atoms with Crippen LogP contribution in [-0.2, 0) is 0 Å². The van der Waals surface area contributed by atoms with E-state index >= 15 is 0 Å². The van der Waals surface area contributed by atoms with Gasteiger partial charge in [0.15, 0.2) is 0 Å². The quantitative estimate of drug-likeness (QED) is 0.279. The van der Waals surface area contributed by atoms with Crippen molar-refractivity contribution in [1.29, 1.82) is 0 Å². The summed E-state index contributed by atoms with van der Waals surface area (Å²) in [7, 11) is 1.61. The molecule has 1 aliphatic heterocycles. The van der Waals surface area contributed by atoms with Crippen LogP contribution in [-0.4, -0.2) is 47.2 Å². The number of nitrogens with one attached hydrogen (secondary N) is 4. The molecule has 192 valence electrons. The summed E-state index contributed by atoms with van der Waals surface area (Å²) in [6, 6.07) is 6.24. The van der Waals surface area contributed by atoms with Gasteiger partial charge in [-0.2, -0.15) is 15.0 Å². The summed E-state index contributed by atoms with van der Waals surface area (Å²) in [6.45, 7) is 4.13. The molecule has 1 aliphatic carbocycles. The lowest BCUT2D eigenvalue weighted by molar-refractivity contribution is 0.415. The second kappa shape index (κ2) is 13.1. The first-order valence-electron chi connectivity index (χ1n) is 13.2. The first-order chi connectivity index (χ1) is 17.1. The molecule has 1 saturated heterocycles. The van der Waals surface area contributed by atoms with Crippen LogP contribution in [0.15, 0.2) is 18.2 Å². The second-order valence-electron chi connectivity index (χ2n) is 9.72. The van der Waals surface area contributed by atoms with Gasteiger partial charge in [-0.3, -0.25) is 0 Å². The molecule has 0 spiro atoms. The number of aromatic nitrogens is 3. The van der Waals surface area contributed by atoms with Gasteiger partial charge in [0, 0.05) is 24.3 Å². The molecule has 4 N–H and O–H groups in total. The third kappa shape index (κ3) is 7.58. The number of benzene rings is 1. The van der Waals surface area contributed by atoms with Gasteiger partial charge in [-0.05, 0) is 56.3 Å². The summed E-state index contributed by atoms with van der Waals surface area (Å²) in [5.74, 6) is 3.08. The minimum atomic E-state index is 0.266.